The molecule has 5 nitrogen and oxygen atoms in total. The van der Waals surface area contributed by atoms with E-state index in [4.69, 9.17) is 5.73 Å². The van der Waals surface area contributed by atoms with Crippen molar-refractivity contribution in [2.24, 2.45) is 0 Å². The zero-order valence-corrected chi connectivity index (χ0v) is 14.8. The van der Waals surface area contributed by atoms with Gasteiger partial charge in [-0.05, 0) is 37.3 Å². The van der Waals surface area contributed by atoms with Crippen molar-refractivity contribution in [1.29, 1.82) is 0 Å². The van der Waals surface area contributed by atoms with Crippen LogP contribution in [0.5, 0.6) is 0 Å². The van der Waals surface area contributed by atoms with E-state index in [1.54, 1.807) is 0 Å². The van der Waals surface area contributed by atoms with E-state index in [1.807, 2.05) is 12.3 Å². The van der Waals surface area contributed by atoms with Gasteiger partial charge in [-0.2, -0.15) is 0 Å². The molecule has 3 rings (SSSR count). The van der Waals surface area contributed by atoms with Gasteiger partial charge in [0.25, 0.3) is 0 Å². The second-order valence-corrected chi connectivity index (χ2v) is 7.13. The van der Waals surface area contributed by atoms with E-state index in [9.17, 15) is 4.79 Å². The summed E-state index contributed by atoms with van der Waals surface area (Å²) in [6.07, 6.45) is 2.74. The molecule has 1 aliphatic rings. The first kappa shape index (κ1) is 16.9. The molecule has 0 saturated heterocycles. The van der Waals surface area contributed by atoms with Crippen LogP contribution in [0, 0.1) is 0 Å². The number of nitrogens with two attached hydrogens (primary N) is 1. The van der Waals surface area contributed by atoms with Crippen LogP contribution >= 0.6 is 11.3 Å². The third kappa shape index (κ3) is 4.13. The van der Waals surface area contributed by atoms with Crippen molar-refractivity contribution in [3.8, 4) is 0 Å². The normalized spacial score (nSPS) is 15.7. The summed E-state index contributed by atoms with van der Waals surface area (Å²) in [6.45, 7) is 4.45. The molecule has 1 amide bonds. The topological polar surface area (TPSA) is 71.2 Å². The summed E-state index contributed by atoms with van der Waals surface area (Å²) in [6, 6.07) is 8.39. The smallest absolute Gasteiger partial charge is 0.237 e. The van der Waals surface area contributed by atoms with Crippen LogP contribution in [-0.4, -0.2) is 34.9 Å². The van der Waals surface area contributed by atoms with Crippen LogP contribution in [0.15, 0.2) is 29.6 Å². The molecule has 1 atom stereocenters. The quantitative estimate of drug-likeness (QED) is 0.788. The van der Waals surface area contributed by atoms with Gasteiger partial charge in [0, 0.05) is 25.0 Å². The van der Waals surface area contributed by atoms with E-state index < -0.39 is 0 Å². The first-order chi connectivity index (χ1) is 11.6. The first-order valence-corrected chi connectivity index (χ1v) is 9.30. The third-order valence-corrected chi connectivity index (χ3v) is 5.29. The number of nitrogens with zero attached hydrogens (tertiary/aromatic N) is 2. The molecule has 1 aromatic carbocycles. The number of carbonyl (C=O) groups excluding carboxylic acids is 1. The number of benzene rings is 1. The molecular formula is C18H24N4OS. The van der Waals surface area contributed by atoms with Gasteiger partial charge in [0.2, 0.25) is 5.91 Å². The third-order valence-electron chi connectivity index (χ3n) is 4.57. The standard InChI is InChI=1S/C18H24N4OS/c1-13(22-10-8-14-5-2-3-6-15(14)11-22)17(23)20-9-4-7-16-12-24-18(19)21-16/h2-3,5-6,12-13H,4,7-11H2,1H3,(H2,19,21)(H,20,23)/t13-/m1/s1. The highest BCUT2D eigenvalue weighted by atomic mass is 32.1. The lowest BCUT2D eigenvalue weighted by atomic mass is 9.99. The fourth-order valence-corrected chi connectivity index (χ4v) is 3.68. The molecule has 24 heavy (non-hydrogen) atoms. The highest BCUT2D eigenvalue weighted by Gasteiger charge is 2.24. The molecule has 0 aliphatic carbocycles. The van der Waals surface area contributed by atoms with Gasteiger partial charge in [-0.1, -0.05) is 24.3 Å². The Morgan fingerprint density at radius 2 is 2.21 bits per heavy atom. The maximum atomic E-state index is 12.4. The van der Waals surface area contributed by atoms with E-state index in [-0.39, 0.29) is 11.9 Å². The lowest BCUT2D eigenvalue weighted by Gasteiger charge is -2.32. The highest BCUT2D eigenvalue weighted by molar-refractivity contribution is 7.13. The molecule has 1 aliphatic heterocycles. The summed E-state index contributed by atoms with van der Waals surface area (Å²) in [5, 5.41) is 5.63. The Hall–Kier alpha value is -1.92. The van der Waals surface area contributed by atoms with Gasteiger partial charge in [0.05, 0.1) is 11.7 Å². The summed E-state index contributed by atoms with van der Waals surface area (Å²) < 4.78 is 0. The predicted molar refractivity (Wildman–Crippen MR) is 97.9 cm³/mol. The summed E-state index contributed by atoms with van der Waals surface area (Å²) in [5.74, 6) is 0.104. The maximum absolute atomic E-state index is 12.4. The number of hydrogen-bond acceptors (Lipinski definition) is 5. The van der Waals surface area contributed by atoms with Crippen LogP contribution in [0.3, 0.4) is 0 Å². The molecule has 0 unspecified atom stereocenters. The summed E-state index contributed by atoms with van der Waals surface area (Å²) in [7, 11) is 0. The Balaban J connectivity index is 1.43. The molecule has 128 valence electrons. The number of nitrogens with one attached hydrogen (secondary N) is 1. The van der Waals surface area contributed by atoms with Gasteiger partial charge in [-0.3, -0.25) is 9.69 Å². The number of aromatic nitrogens is 1. The van der Waals surface area contributed by atoms with Crippen molar-refractivity contribution in [2.45, 2.75) is 38.8 Å². The van der Waals surface area contributed by atoms with E-state index in [0.29, 0.717) is 11.7 Å². The van der Waals surface area contributed by atoms with Gasteiger partial charge in [-0.15, -0.1) is 11.3 Å². The van der Waals surface area contributed by atoms with E-state index in [0.717, 1.165) is 38.0 Å². The number of amides is 1. The van der Waals surface area contributed by atoms with Crippen molar-refractivity contribution in [3.05, 3.63) is 46.5 Å². The summed E-state index contributed by atoms with van der Waals surface area (Å²) >= 11 is 1.46. The lowest BCUT2D eigenvalue weighted by Crippen LogP contribution is -2.47. The molecule has 2 aromatic rings. The lowest BCUT2D eigenvalue weighted by molar-refractivity contribution is -0.126. The summed E-state index contributed by atoms with van der Waals surface area (Å²) in [4.78, 5) is 18.9. The monoisotopic (exact) mass is 344 g/mol. The largest absolute Gasteiger partial charge is 0.375 e. The fourth-order valence-electron chi connectivity index (χ4n) is 3.08. The molecule has 0 bridgehead atoms. The minimum absolute atomic E-state index is 0.103. The Labute approximate surface area is 146 Å². The van der Waals surface area contributed by atoms with Crippen LogP contribution < -0.4 is 11.1 Å². The molecular weight excluding hydrogens is 320 g/mol. The van der Waals surface area contributed by atoms with E-state index in [1.165, 1.54) is 22.5 Å². The van der Waals surface area contributed by atoms with Crippen molar-refractivity contribution in [2.75, 3.05) is 18.8 Å². The molecule has 0 spiro atoms. The average Bonchev–Trinajstić information content (AvgIpc) is 3.02. The van der Waals surface area contributed by atoms with Crippen molar-refractivity contribution in [3.63, 3.8) is 0 Å². The zero-order valence-electron chi connectivity index (χ0n) is 14.0. The average molecular weight is 344 g/mol. The van der Waals surface area contributed by atoms with Crippen LogP contribution in [0.1, 0.15) is 30.2 Å². The molecule has 0 radical (unpaired) electrons. The Kier molecular flexibility index (Phi) is 5.48. The van der Waals surface area contributed by atoms with Crippen molar-refractivity contribution >= 4 is 22.4 Å². The Bertz CT molecular complexity index is 700. The Morgan fingerprint density at radius 1 is 1.42 bits per heavy atom. The Morgan fingerprint density at radius 3 is 2.96 bits per heavy atom. The van der Waals surface area contributed by atoms with Gasteiger partial charge in [-0.25, -0.2) is 4.98 Å². The van der Waals surface area contributed by atoms with Crippen LogP contribution in [0.2, 0.25) is 0 Å². The predicted octanol–water partition coefficient (Wildman–Crippen LogP) is 2.22. The summed E-state index contributed by atoms with van der Waals surface area (Å²) in [5.41, 5.74) is 9.37. The molecule has 2 heterocycles. The number of nitrogen functional groups attached to an aromatic ring is 1. The second-order valence-electron chi connectivity index (χ2n) is 6.24. The number of hydrogen-bond donors (Lipinski definition) is 2. The SMILES string of the molecule is C[C@H](C(=O)NCCCc1csc(N)n1)N1CCc2ccccc2C1. The number of anilines is 1. The minimum atomic E-state index is -0.103. The van der Waals surface area contributed by atoms with E-state index in [2.05, 4.69) is 39.5 Å². The number of fused-ring (bicyclic) bond motifs is 1. The van der Waals surface area contributed by atoms with Gasteiger partial charge >= 0.3 is 0 Å². The van der Waals surface area contributed by atoms with Crippen molar-refractivity contribution < 1.29 is 4.79 Å². The molecule has 6 heteroatoms. The van der Waals surface area contributed by atoms with Crippen LogP contribution in [-0.2, 0) is 24.2 Å². The fraction of sp³-hybridized carbons (Fsp3) is 0.444. The minimum Gasteiger partial charge on any atom is -0.375 e. The maximum Gasteiger partial charge on any atom is 0.237 e. The van der Waals surface area contributed by atoms with E-state index >= 15 is 0 Å². The van der Waals surface area contributed by atoms with Crippen molar-refractivity contribution in [1.82, 2.24) is 15.2 Å². The number of thiazole rings is 1. The zero-order chi connectivity index (χ0) is 16.9. The van der Waals surface area contributed by atoms with Crippen LogP contribution in [0.25, 0.3) is 0 Å². The second kappa shape index (κ2) is 7.77. The van der Waals surface area contributed by atoms with Gasteiger partial charge in [0.15, 0.2) is 5.13 Å². The van der Waals surface area contributed by atoms with Crippen LogP contribution in [0.4, 0.5) is 5.13 Å². The molecule has 1 aromatic heterocycles. The first-order valence-electron chi connectivity index (χ1n) is 8.42. The highest BCUT2D eigenvalue weighted by Crippen LogP contribution is 2.20. The molecule has 0 fully saturated rings. The van der Waals surface area contributed by atoms with Gasteiger partial charge < -0.3 is 11.1 Å². The van der Waals surface area contributed by atoms with Gasteiger partial charge in [0.1, 0.15) is 0 Å². The number of aryl methyl sites for hydroxylation is 1. The molecule has 3 N–H and O–H groups in total. The molecule has 0 saturated carbocycles. The number of carbonyl (C=O) groups is 1. The number of rotatable bonds is 6.